The van der Waals surface area contributed by atoms with Crippen molar-refractivity contribution in [2.24, 2.45) is 10.9 Å². The lowest BCUT2D eigenvalue weighted by Crippen LogP contribution is -2.40. The molecule has 0 unspecified atom stereocenters. The van der Waals surface area contributed by atoms with Crippen LogP contribution in [0.1, 0.15) is 38.3 Å². The summed E-state index contributed by atoms with van der Waals surface area (Å²) >= 11 is 0. The van der Waals surface area contributed by atoms with Crippen molar-refractivity contribution in [1.29, 1.82) is 0 Å². The number of hydrogen-bond acceptors (Lipinski definition) is 3. The molecule has 0 saturated heterocycles. The smallest absolute Gasteiger partial charge is 0.326 e. The van der Waals surface area contributed by atoms with Crippen LogP contribution >= 0.6 is 0 Å². The van der Waals surface area contributed by atoms with E-state index < -0.39 is 6.03 Å². The van der Waals surface area contributed by atoms with Crippen molar-refractivity contribution in [3.05, 3.63) is 29.3 Å². The number of para-hydroxylation sites is 1. The van der Waals surface area contributed by atoms with Crippen LogP contribution in [-0.2, 0) is 17.7 Å². The zero-order chi connectivity index (χ0) is 15.7. The van der Waals surface area contributed by atoms with E-state index in [0.717, 1.165) is 36.1 Å². The Bertz CT molecular complexity index is 478. The molecule has 0 heterocycles. The molecule has 4 N–H and O–H groups in total. The third-order valence-electron chi connectivity index (χ3n) is 2.94. The highest BCUT2D eigenvalue weighted by Crippen LogP contribution is 2.22. The predicted molar refractivity (Wildman–Crippen MR) is 85.2 cm³/mol. The quantitative estimate of drug-likeness (QED) is 0.326. The zero-order valence-corrected chi connectivity index (χ0v) is 12.9. The molecule has 0 atom stereocenters. The van der Waals surface area contributed by atoms with E-state index in [1.807, 2.05) is 39.0 Å². The first-order chi connectivity index (χ1) is 10.1. The van der Waals surface area contributed by atoms with Crippen LogP contribution in [-0.4, -0.2) is 18.6 Å². The number of nitrogens with one attached hydrogen (secondary N) is 2. The van der Waals surface area contributed by atoms with Crippen LogP contribution in [0.3, 0.4) is 0 Å². The van der Waals surface area contributed by atoms with E-state index in [9.17, 15) is 4.79 Å². The number of urea groups is 1. The summed E-state index contributed by atoms with van der Waals surface area (Å²) in [5.41, 5.74) is 8.57. The van der Waals surface area contributed by atoms with Crippen LogP contribution < -0.4 is 16.4 Å². The summed E-state index contributed by atoms with van der Waals surface area (Å²) in [6.07, 6.45) is 2.51. The second kappa shape index (κ2) is 8.84. The summed E-state index contributed by atoms with van der Waals surface area (Å²) in [7, 11) is 0. The minimum atomic E-state index is -0.424. The largest absolute Gasteiger partial charge is 0.393 e. The Hall–Kier alpha value is -2.24. The number of anilines is 1. The first kappa shape index (κ1) is 16.8. The molecule has 0 aliphatic rings. The number of amides is 2. The Labute approximate surface area is 125 Å². The van der Waals surface area contributed by atoms with Gasteiger partial charge < -0.3 is 15.9 Å². The highest BCUT2D eigenvalue weighted by molar-refractivity contribution is 6.02. The van der Waals surface area contributed by atoms with E-state index in [1.54, 1.807) is 0 Å². The molecule has 21 heavy (non-hydrogen) atoms. The number of hydrogen-bond donors (Lipinski definition) is 3. The van der Waals surface area contributed by atoms with Crippen LogP contribution in [0.4, 0.5) is 10.5 Å². The Kier molecular flexibility index (Phi) is 7.08. The molecule has 0 aliphatic carbocycles. The number of oxime groups is 1. The Morgan fingerprint density at radius 1 is 1.24 bits per heavy atom. The number of aryl methyl sites for hydroxylation is 2. The molecule has 0 fully saturated rings. The van der Waals surface area contributed by atoms with Gasteiger partial charge in [0.05, 0.1) is 0 Å². The van der Waals surface area contributed by atoms with Crippen molar-refractivity contribution in [2.75, 3.05) is 11.9 Å². The standard InChI is InChI=1S/C15H24N4O2/c1-4-10-21-19-14(16)18-15(20)17-13-11(5-2)8-7-9-12(13)6-3/h7-9H,4-6,10H2,1-3H3,(H4,16,17,18,19,20). The first-order valence-electron chi connectivity index (χ1n) is 7.26. The van der Waals surface area contributed by atoms with Gasteiger partial charge in [-0.05, 0) is 35.5 Å². The number of guanidine groups is 1. The van der Waals surface area contributed by atoms with E-state index in [1.165, 1.54) is 0 Å². The van der Waals surface area contributed by atoms with Crippen molar-refractivity contribution in [3.8, 4) is 0 Å². The summed E-state index contributed by atoms with van der Waals surface area (Å²) in [4.78, 5) is 16.9. The second-order valence-electron chi connectivity index (χ2n) is 4.55. The highest BCUT2D eigenvalue weighted by Gasteiger charge is 2.10. The average molecular weight is 292 g/mol. The van der Waals surface area contributed by atoms with Gasteiger partial charge in [-0.2, -0.15) is 0 Å². The number of carbonyl (C=O) groups excluding carboxylic acids is 1. The SMILES string of the molecule is CCCON=C(N)NC(=O)Nc1c(CC)cccc1CC. The van der Waals surface area contributed by atoms with Crippen molar-refractivity contribution in [2.45, 2.75) is 40.0 Å². The van der Waals surface area contributed by atoms with Gasteiger partial charge in [0.2, 0.25) is 5.96 Å². The molecule has 6 nitrogen and oxygen atoms in total. The molecule has 2 amide bonds. The molecule has 6 heteroatoms. The number of carbonyl (C=O) groups is 1. The van der Waals surface area contributed by atoms with Crippen LogP contribution in [0.2, 0.25) is 0 Å². The van der Waals surface area contributed by atoms with Gasteiger partial charge in [0, 0.05) is 5.69 Å². The van der Waals surface area contributed by atoms with E-state index >= 15 is 0 Å². The molecule has 0 aromatic heterocycles. The molecule has 1 aromatic carbocycles. The predicted octanol–water partition coefficient (Wildman–Crippen LogP) is 2.59. The van der Waals surface area contributed by atoms with Crippen LogP contribution in [0.5, 0.6) is 0 Å². The fraction of sp³-hybridized carbons (Fsp3) is 0.467. The van der Waals surface area contributed by atoms with E-state index in [4.69, 9.17) is 10.6 Å². The average Bonchev–Trinajstić information content (AvgIpc) is 2.47. The van der Waals surface area contributed by atoms with Crippen LogP contribution in [0, 0.1) is 0 Å². The molecular weight excluding hydrogens is 268 g/mol. The van der Waals surface area contributed by atoms with Gasteiger partial charge in [0.1, 0.15) is 6.61 Å². The van der Waals surface area contributed by atoms with Crippen LogP contribution in [0.15, 0.2) is 23.4 Å². The molecule has 0 radical (unpaired) electrons. The van der Waals surface area contributed by atoms with Gasteiger partial charge >= 0.3 is 6.03 Å². The Morgan fingerprint density at radius 2 is 1.86 bits per heavy atom. The van der Waals surface area contributed by atoms with Crippen molar-refractivity contribution in [3.63, 3.8) is 0 Å². The summed E-state index contributed by atoms with van der Waals surface area (Å²) in [5.74, 6) is -0.0621. The maximum atomic E-state index is 12.0. The van der Waals surface area contributed by atoms with Gasteiger partial charge in [0.25, 0.3) is 0 Å². The normalized spacial score (nSPS) is 11.1. The zero-order valence-electron chi connectivity index (χ0n) is 12.9. The topological polar surface area (TPSA) is 88.7 Å². The van der Waals surface area contributed by atoms with Gasteiger partial charge in [-0.15, -0.1) is 0 Å². The maximum Gasteiger partial charge on any atom is 0.326 e. The number of nitrogens with two attached hydrogens (primary N) is 1. The van der Waals surface area contributed by atoms with E-state index in [2.05, 4.69) is 15.8 Å². The highest BCUT2D eigenvalue weighted by atomic mass is 16.6. The van der Waals surface area contributed by atoms with Gasteiger partial charge in [0.15, 0.2) is 0 Å². The van der Waals surface area contributed by atoms with E-state index in [0.29, 0.717) is 6.61 Å². The molecular formula is C15H24N4O2. The molecule has 116 valence electrons. The Balaban J connectivity index is 2.72. The maximum absolute atomic E-state index is 12.0. The minimum absolute atomic E-state index is 0.0621. The summed E-state index contributed by atoms with van der Waals surface area (Å²) < 4.78 is 0. The van der Waals surface area contributed by atoms with Crippen molar-refractivity contribution < 1.29 is 9.63 Å². The second-order valence-corrected chi connectivity index (χ2v) is 4.55. The number of benzene rings is 1. The fourth-order valence-corrected chi connectivity index (χ4v) is 1.89. The summed E-state index contributed by atoms with van der Waals surface area (Å²) in [6, 6.07) is 5.56. The van der Waals surface area contributed by atoms with Crippen molar-refractivity contribution >= 4 is 17.7 Å². The molecule has 0 bridgehead atoms. The minimum Gasteiger partial charge on any atom is -0.393 e. The lowest BCUT2D eigenvalue weighted by atomic mass is 10.0. The fourth-order valence-electron chi connectivity index (χ4n) is 1.89. The first-order valence-corrected chi connectivity index (χ1v) is 7.26. The lowest BCUT2D eigenvalue weighted by molar-refractivity contribution is 0.143. The molecule has 1 aromatic rings. The van der Waals surface area contributed by atoms with Gasteiger partial charge in [-0.25, -0.2) is 4.79 Å². The molecule has 1 rings (SSSR count). The summed E-state index contributed by atoms with van der Waals surface area (Å²) in [5, 5.41) is 8.88. The van der Waals surface area contributed by atoms with Crippen molar-refractivity contribution in [1.82, 2.24) is 5.32 Å². The van der Waals surface area contributed by atoms with Gasteiger partial charge in [-0.3, -0.25) is 5.32 Å². The van der Waals surface area contributed by atoms with E-state index in [-0.39, 0.29) is 5.96 Å². The molecule has 0 saturated carbocycles. The third kappa shape index (κ3) is 5.33. The van der Waals surface area contributed by atoms with Gasteiger partial charge in [-0.1, -0.05) is 39.0 Å². The molecule has 0 aliphatic heterocycles. The summed E-state index contributed by atoms with van der Waals surface area (Å²) in [6.45, 7) is 6.51. The number of nitrogens with zero attached hydrogens (tertiary/aromatic N) is 1. The number of rotatable bonds is 6. The lowest BCUT2D eigenvalue weighted by Gasteiger charge is -2.14. The van der Waals surface area contributed by atoms with Crippen LogP contribution in [0.25, 0.3) is 0 Å². The monoisotopic (exact) mass is 292 g/mol. The molecule has 0 spiro atoms. The third-order valence-corrected chi connectivity index (χ3v) is 2.94. The Morgan fingerprint density at radius 3 is 2.38 bits per heavy atom.